The first-order valence-corrected chi connectivity index (χ1v) is 11.4. The molecule has 0 saturated heterocycles. The molecule has 2 atom stereocenters. The largest absolute Gasteiger partial charge is 0.497 e. The van der Waals surface area contributed by atoms with Gasteiger partial charge in [0.15, 0.2) is 5.72 Å². The zero-order valence-corrected chi connectivity index (χ0v) is 19.8. The van der Waals surface area contributed by atoms with Crippen molar-refractivity contribution in [3.8, 4) is 5.75 Å². The summed E-state index contributed by atoms with van der Waals surface area (Å²) in [5.41, 5.74) is 1.87. The number of ether oxygens (including phenoxy) is 2. The maximum Gasteiger partial charge on any atom is 0.212 e. The van der Waals surface area contributed by atoms with E-state index < -0.39 is 11.8 Å². The van der Waals surface area contributed by atoms with E-state index in [2.05, 4.69) is 0 Å². The molecule has 0 aliphatic carbocycles. The van der Waals surface area contributed by atoms with Crippen LogP contribution in [0.1, 0.15) is 34.1 Å². The van der Waals surface area contributed by atoms with Crippen molar-refractivity contribution in [1.29, 1.82) is 0 Å². The summed E-state index contributed by atoms with van der Waals surface area (Å²) in [6.07, 6.45) is 1.41. The van der Waals surface area contributed by atoms with Gasteiger partial charge in [-0.25, -0.2) is 0 Å². The zero-order chi connectivity index (χ0) is 24.7. The van der Waals surface area contributed by atoms with Crippen LogP contribution in [0.15, 0.2) is 102 Å². The van der Waals surface area contributed by atoms with E-state index in [9.17, 15) is 9.90 Å². The van der Waals surface area contributed by atoms with Crippen molar-refractivity contribution in [2.24, 2.45) is 0 Å². The first kappa shape index (κ1) is 24.3. The van der Waals surface area contributed by atoms with Crippen molar-refractivity contribution in [2.75, 3.05) is 13.7 Å². The molecule has 0 radical (unpaired) electrons. The number of amides is 1. The standard InChI is InChI=1S/C29H29NO5/c1-22-9-6-7-13-27(22)29(24-10-4-3-5-11-24,30(21-31)19-26-12-8-18-34-26)35-20-28(32)23-14-16-25(33-2)17-15-23/h3-18,21,28,32H,19-20H2,1-2H3. The minimum atomic E-state index is -1.31. The van der Waals surface area contributed by atoms with Gasteiger partial charge in [0.1, 0.15) is 17.6 Å². The molecule has 4 aromatic rings. The number of aliphatic hydroxyl groups is 1. The number of carbonyl (C=O) groups is 1. The molecule has 0 aliphatic heterocycles. The number of hydrogen-bond donors (Lipinski definition) is 1. The second kappa shape index (κ2) is 11.0. The maximum absolute atomic E-state index is 12.6. The second-order valence-electron chi connectivity index (χ2n) is 8.24. The predicted octanol–water partition coefficient (Wildman–Crippen LogP) is 5.21. The number of hydrogen-bond acceptors (Lipinski definition) is 5. The molecule has 3 aromatic carbocycles. The van der Waals surface area contributed by atoms with Gasteiger partial charge in [0, 0.05) is 11.1 Å². The molecule has 0 saturated carbocycles. The van der Waals surface area contributed by atoms with Crippen LogP contribution in [0.5, 0.6) is 5.75 Å². The number of aliphatic hydroxyl groups excluding tert-OH is 1. The van der Waals surface area contributed by atoms with E-state index in [4.69, 9.17) is 13.9 Å². The smallest absolute Gasteiger partial charge is 0.212 e. The molecule has 6 nitrogen and oxygen atoms in total. The van der Waals surface area contributed by atoms with Gasteiger partial charge in [-0.3, -0.25) is 4.79 Å². The van der Waals surface area contributed by atoms with Gasteiger partial charge in [0.05, 0.1) is 26.5 Å². The van der Waals surface area contributed by atoms with E-state index in [1.807, 2.05) is 67.6 Å². The monoisotopic (exact) mass is 471 g/mol. The first-order valence-electron chi connectivity index (χ1n) is 11.4. The van der Waals surface area contributed by atoms with Crippen molar-refractivity contribution < 1.29 is 23.8 Å². The highest BCUT2D eigenvalue weighted by molar-refractivity contribution is 5.54. The minimum absolute atomic E-state index is 0.0575. The number of benzene rings is 3. The van der Waals surface area contributed by atoms with Crippen LogP contribution in [-0.2, 0) is 21.8 Å². The lowest BCUT2D eigenvalue weighted by Crippen LogP contribution is -2.49. The van der Waals surface area contributed by atoms with Gasteiger partial charge in [0.25, 0.3) is 0 Å². The maximum atomic E-state index is 12.6. The van der Waals surface area contributed by atoms with E-state index in [0.717, 1.165) is 23.1 Å². The molecule has 1 heterocycles. The van der Waals surface area contributed by atoms with Crippen molar-refractivity contribution in [3.63, 3.8) is 0 Å². The van der Waals surface area contributed by atoms with Crippen molar-refractivity contribution >= 4 is 6.41 Å². The zero-order valence-electron chi connectivity index (χ0n) is 19.8. The third kappa shape index (κ3) is 5.14. The normalized spacial score (nSPS) is 13.6. The third-order valence-corrected chi connectivity index (χ3v) is 6.06. The average molecular weight is 472 g/mol. The molecular formula is C29H29NO5. The number of furan rings is 1. The Bertz CT molecular complexity index is 1210. The fraction of sp³-hybridized carbons (Fsp3) is 0.207. The van der Waals surface area contributed by atoms with Crippen LogP contribution in [-0.4, -0.2) is 30.1 Å². The van der Waals surface area contributed by atoms with Gasteiger partial charge in [-0.1, -0.05) is 66.7 Å². The second-order valence-corrected chi connectivity index (χ2v) is 8.24. The Hall–Kier alpha value is -3.87. The van der Waals surface area contributed by atoms with Crippen molar-refractivity contribution in [3.05, 3.63) is 125 Å². The van der Waals surface area contributed by atoms with Crippen LogP contribution in [0.3, 0.4) is 0 Å². The molecule has 1 N–H and O–H groups in total. The minimum Gasteiger partial charge on any atom is -0.497 e. The molecule has 0 aliphatic rings. The molecular weight excluding hydrogens is 442 g/mol. The van der Waals surface area contributed by atoms with E-state index in [-0.39, 0.29) is 13.2 Å². The van der Waals surface area contributed by atoms with Gasteiger partial charge < -0.3 is 23.9 Å². The van der Waals surface area contributed by atoms with Crippen LogP contribution in [0.4, 0.5) is 0 Å². The van der Waals surface area contributed by atoms with Crippen LogP contribution < -0.4 is 4.74 Å². The van der Waals surface area contributed by atoms with E-state index >= 15 is 0 Å². The summed E-state index contributed by atoms with van der Waals surface area (Å²) in [5, 5.41) is 11.0. The van der Waals surface area contributed by atoms with E-state index in [0.29, 0.717) is 17.1 Å². The fourth-order valence-corrected chi connectivity index (χ4v) is 4.25. The number of aryl methyl sites for hydroxylation is 1. The van der Waals surface area contributed by atoms with Crippen molar-refractivity contribution in [1.82, 2.24) is 4.90 Å². The SMILES string of the molecule is COc1ccc(C(O)COC(c2ccccc2)(c2ccccc2C)N(C=O)Cc2ccco2)cc1. The summed E-state index contributed by atoms with van der Waals surface area (Å²) in [6, 6.07) is 28.1. The topological polar surface area (TPSA) is 72.1 Å². The Kier molecular flexibility index (Phi) is 7.65. The molecule has 1 aromatic heterocycles. The summed E-state index contributed by atoms with van der Waals surface area (Å²) < 4.78 is 17.4. The summed E-state index contributed by atoms with van der Waals surface area (Å²) in [4.78, 5) is 14.2. The number of nitrogens with zero attached hydrogens (tertiary/aromatic N) is 1. The molecule has 2 unspecified atom stereocenters. The lowest BCUT2D eigenvalue weighted by Gasteiger charge is -2.43. The third-order valence-electron chi connectivity index (χ3n) is 6.06. The number of carbonyl (C=O) groups excluding carboxylic acids is 1. The number of methoxy groups -OCH3 is 1. The van der Waals surface area contributed by atoms with Crippen LogP contribution in [0, 0.1) is 6.92 Å². The fourth-order valence-electron chi connectivity index (χ4n) is 4.25. The summed E-state index contributed by atoms with van der Waals surface area (Å²) in [6.45, 7) is 2.10. The summed E-state index contributed by atoms with van der Waals surface area (Å²) in [5.74, 6) is 1.32. The molecule has 0 fully saturated rings. The van der Waals surface area contributed by atoms with Gasteiger partial charge in [-0.05, 0) is 42.3 Å². The molecule has 180 valence electrons. The molecule has 4 rings (SSSR count). The Balaban J connectivity index is 1.80. The van der Waals surface area contributed by atoms with Crippen LogP contribution in [0.2, 0.25) is 0 Å². The lowest BCUT2D eigenvalue weighted by molar-refractivity contribution is -0.168. The molecule has 0 spiro atoms. The number of rotatable bonds is 11. The highest BCUT2D eigenvalue weighted by Gasteiger charge is 2.43. The predicted molar refractivity (Wildman–Crippen MR) is 133 cm³/mol. The summed E-state index contributed by atoms with van der Waals surface area (Å²) in [7, 11) is 1.60. The Labute approximate surface area is 205 Å². The van der Waals surface area contributed by atoms with Crippen molar-refractivity contribution in [2.45, 2.75) is 25.3 Å². The van der Waals surface area contributed by atoms with Gasteiger partial charge in [-0.15, -0.1) is 0 Å². The van der Waals surface area contributed by atoms with Gasteiger partial charge >= 0.3 is 0 Å². The van der Waals surface area contributed by atoms with Gasteiger partial charge in [0.2, 0.25) is 6.41 Å². The quantitative estimate of drug-likeness (QED) is 0.240. The van der Waals surface area contributed by atoms with Gasteiger partial charge in [-0.2, -0.15) is 0 Å². The van der Waals surface area contributed by atoms with Crippen LogP contribution >= 0.6 is 0 Å². The Morgan fingerprint density at radius 3 is 2.31 bits per heavy atom. The first-order chi connectivity index (χ1) is 17.1. The Morgan fingerprint density at radius 2 is 1.69 bits per heavy atom. The summed E-state index contributed by atoms with van der Waals surface area (Å²) >= 11 is 0. The van der Waals surface area contributed by atoms with E-state index in [1.165, 1.54) is 0 Å². The lowest BCUT2D eigenvalue weighted by atomic mass is 9.89. The molecule has 35 heavy (non-hydrogen) atoms. The highest BCUT2D eigenvalue weighted by atomic mass is 16.5. The Morgan fingerprint density at radius 1 is 0.971 bits per heavy atom. The van der Waals surface area contributed by atoms with E-state index in [1.54, 1.807) is 48.6 Å². The highest BCUT2D eigenvalue weighted by Crippen LogP contribution is 2.40. The molecule has 6 heteroatoms. The van der Waals surface area contributed by atoms with Crippen LogP contribution in [0.25, 0.3) is 0 Å². The molecule has 0 bridgehead atoms. The average Bonchev–Trinajstić information content (AvgIpc) is 3.43. The molecule has 1 amide bonds.